The van der Waals surface area contributed by atoms with E-state index in [0.29, 0.717) is 34.7 Å². The predicted octanol–water partition coefficient (Wildman–Crippen LogP) is 3.55. The highest BCUT2D eigenvalue weighted by molar-refractivity contribution is 6.10. The molecule has 0 saturated heterocycles. The van der Waals surface area contributed by atoms with Crippen LogP contribution in [0.3, 0.4) is 0 Å². The van der Waals surface area contributed by atoms with Crippen LogP contribution in [0.5, 0.6) is 11.5 Å². The van der Waals surface area contributed by atoms with Crippen molar-refractivity contribution >= 4 is 23.1 Å². The smallest absolute Gasteiger partial charge is 0.276 e. The van der Waals surface area contributed by atoms with Crippen LogP contribution in [0.2, 0.25) is 0 Å². The molecule has 2 heterocycles. The number of benzene rings is 2. The van der Waals surface area contributed by atoms with E-state index in [2.05, 4.69) is 10.1 Å². The lowest BCUT2D eigenvalue weighted by atomic mass is 10.0. The number of anilines is 1. The van der Waals surface area contributed by atoms with Gasteiger partial charge in [0.25, 0.3) is 5.91 Å². The summed E-state index contributed by atoms with van der Waals surface area (Å²) >= 11 is 0. The van der Waals surface area contributed by atoms with Crippen LogP contribution in [0.25, 0.3) is 0 Å². The Morgan fingerprint density at radius 3 is 2.52 bits per heavy atom. The molecule has 1 aromatic heterocycles. The minimum absolute atomic E-state index is 0.208. The Balaban J connectivity index is 1.58. The molecule has 2 aromatic carbocycles. The van der Waals surface area contributed by atoms with Crippen LogP contribution in [0.1, 0.15) is 44.7 Å². The zero-order valence-corrected chi connectivity index (χ0v) is 18.4. The first-order valence-corrected chi connectivity index (χ1v) is 10.5. The van der Waals surface area contributed by atoms with Crippen LogP contribution in [-0.2, 0) is 0 Å². The van der Waals surface area contributed by atoms with E-state index in [1.54, 1.807) is 44.7 Å². The second-order valence-electron chi connectivity index (χ2n) is 7.52. The highest BCUT2D eigenvalue weighted by atomic mass is 16.5. The first-order chi connectivity index (χ1) is 16.0. The molecule has 0 atom stereocenters. The molecule has 8 heteroatoms. The summed E-state index contributed by atoms with van der Waals surface area (Å²) in [5, 5.41) is 6.00. The molecule has 0 radical (unpaired) electrons. The Morgan fingerprint density at radius 2 is 1.82 bits per heavy atom. The summed E-state index contributed by atoms with van der Waals surface area (Å²) in [4.78, 5) is 29.8. The molecule has 4 rings (SSSR count). The van der Waals surface area contributed by atoms with Crippen molar-refractivity contribution < 1.29 is 19.1 Å². The predicted molar refractivity (Wildman–Crippen MR) is 125 cm³/mol. The molecular weight excluding hydrogens is 420 g/mol. The number of carbonyl (C=O) groups excluding carboxylic acids is 2. The number of hydrogen-bond donors (Lipinski definition) is 1. The molecule has 1 aliphatic rings. The fraction of sp³-hybridized carbons (Fsp3) is 0.200. The van der Waals surface area contributed by atoms with E-state index in [1.807, 2.05) is 18.2 Å². The first-order valence-electron chi connectivity index (χ1n) is 10.5. The van der Waals surface area contributed by atoms with E-state index >= 15 is 0 Å². The Morgan fingerprint density at radius 1 is 1.00 bits per heavy atom. The number of pyridine rings is 1. The maximum atomic E-state index is 13.2. The number of carbonyl (C=O) groups is 2. The van der Waals surface area contributed by atoms with Gasteiger partial charge in [0.1, 0.15) is 0 Å². The van der Waals surface area contributed by atoms with Crippen LogP contribution >= 0.6 is 0 Å². The molecule has 168 valence electrons. The molecule has 3 aromatic rings. The standard InChI is InChI=1S/C25H24N4O4/c1-32-22-10-8-16(14-23(22)33-2)21-6-4-12-29(28-21)25(31)19-9-7-17(13-20(19)26)24(30)18-5-3-11-27-15-18/h3,5,7-11,13-15H,4,6,12,26H2,1-2H3. The second kappa shape index (κ2) is 9.52. The van der Waals surface area contributed by atoms with Gasteiger partial charge < -0.3 is 15.2 Å². The number of ether oxygens (including phenoxy) is 2. The van der Waals surface area contributed by atoms with E-state index < -0.39 is 0 Å². The van der Waals surface area contributed by atoms with Gasteiger partial charge in [0.05, 0.1) is 25.5 Å². The summed E-state index contributed by atoms with van der Waals surface area (Å²) in [6.07, 6.45) is 4.59. The quantitative estimate of drug-likeness (QED) is 0.460. The molecule has 33 heavy (non-hydrogen) atoms. The zero-order chi connectivity index (χ0) is 23.4. The van der Waals surface area contributed by atoms with Crippen LogP contribution in [-0.4, -0.2) is 48.2 Å². The van der Waals surface area contributed by atoms with Crippen molar-refractivity contribution in [2.45, 2.75) is 12.8 Å². The summed E-state index contributed by atoms with van der Waals surface area (Å²) in [5.41, 5.74) is 9.17. The maximum Gasteiger partial charge on any atom is 0.276 e. The number of methoxy groups -OCH3 is 2. The van der Waals surface area contributed by atoms with Gasteiger partial charge in [-0.1, -0.05) is 6.07 Å². The van der Waals surface area contributed by atoms with Gasteiger partial charge in [-0.15, -0.1) is 0 Å². The van der Waals surface area contributed by atoms with Gasteiger partial charge in [-0.2, -0.15) is 5.10 Å². The third kappa shape index (κ3) is 4.55. The SMILES string of the molecule is COc1ccc(C2=NN(C(=O)c3ccc(C(=O)c4cccnc4)cc3N)CCC2)cc1OC. The molecule has 0 saturated carbocycles. The number of rotatable bonds is 6. The van der Waals surface area contributed by atoms with Crippen molar-refractivity contribution in [2.75, 3.05) is 26.5 Å². The average Bonchev–Trinajstić information content (AvgIpc) is 2.88. The van der Waals surface area contributed by atoms with Gasteiger partial charge >= 0.3 is 0 Å². The summed E-state index contributed by atoms with van der Waals surface area (Å²) in [6.45, 7) is 0.478. The number of nitrogens with zero attached hydrogens (tertiary/aromatic N) is 3. The molecule has 8 nitrogen and oxygen atoms in total. The molecule has 0 aliphatic carbocycles. The lowest BCUT2D eigenvalue weighted by Gasteiger charge is -2.24. The number of aromatic nitrogens is 1. The minimum atomic E-state index is -0.314. The number of nitrogen functional groups attached to an aromatic ring is 1. The molecule has 0 spiro atoms. The molecule has 2 N–H and O–H groups in total. The largest absolute Gasteiger partial charge is 0.493 e. The summed E-state index contributed by atoms with van der Waals surface area (Å²) in [6, 6.07) is 13.6. The number of hydrogen-bond acceptors (Lipinski definition) is 7. The third-order valence-corrected chi connectivity index (χ3v) is 5.44. The highest BCUT2D eigenvalue weighted by Gasteiger charge is 2.23. The van der Waals surface area contributed by atoms with Gasteiger partial charge in [0.2, 0.25) is 0 Å². The maximum absolute atomic E-state index is 13.2. The topological polar surface area (TPSA) is 107 Å². The molecular formula is C25H24N4O4. The van der Waals surface area contributed by atoms with E-state index in [-0.39, 0.29) is 17.4 Å². The summed E-state index contributed by atoms with van der Waals surface area (Å²) < 4.78 is 10.7. The van der Waals surface area contributed by atoms with Crippen molar-refractivity contribution in [3.05, 3.63) is 83.2 Å². The fourth-order valence-corrected chi connectivity index (χ4v) is 3.71. The van der Waals surface area contributed by atoms with E-state index in [1.165, 1.54) is 17.3 Å². The molecule has 1 aliphatic heterocycles. The first kappa shape index (κ1) is 22.0. The second-order valence-corrected chi connectivity index (χ2v) is 7.52. The monoisotopic (exact) mass is 444 g/mol. The summed E-state index contributed by atoms with van der Waals surface area (Å²) in [7, 11) is 3.15. The molecule has 0 fully saturated rings. The van der Waals surface area contributed by atoms with Gasteiger partial charge in [0.15, 0.2) is 17.3 Å². The van der Waals surface area contributed by atoms with Crippen molar-refractivity contribution in [3.8, 4) is 11.5 Å². The van der Waals surface area contributed by atoms with Crippen molar-refractivity contribution in [3.63, 3.8) is 0 Å². The van der Waals surface area contributed by atoms with Gasteiger partial charge in [-0.3, -0.25) is 14.6 Å². The number of amides is 1. The Kier molecular flexibility index (Phi) is 6.35. The molecule has 1 amide bonds. The number of hydrazone groups is 1. The average molecular weight is 444 g/mol. The Bertz CT molecular complexity index is 1220. The van der Waals surface area contributed by atoms with Crippen molar-refractivity contribution in [1.82, 2.24) is 9.99 Å². The number of ketones is 1. The summed E-state index contributed by atoms with van der Waals surface area (Å²) in [5.74, 6) is 0.699. The Hall–Kier alpha value is -4.20. The normalized spacial score (nSPS) is 13.3. The zero-order valence-electron chi connectivity index (χ0n) is 18.4. The van der Waals surface area contributed by atoms with Gasteiger partial charge in [-0.05, 0) is 55.3 Å². The third-order valence-electron chi connectivity index (χ3n) is 5.44. The van der Waals surface area contributed by atoms with Crippen molar-refractivity contribution in [2.24, 2.45) is 5.10 Å². The fourth-order valence-electron chi connectivity index (χ4n) is 3.71. The number of nitrogens with two attached hydrogens (primary N) is 1. The van der Waals surface area contributed by atoms with Gasteiger partial charge in [0, 0.05) is 41.3 Å². The van der Waals surface area contributed by atoms with Crippen LogP contribution in [0.15, 0.2) is 66.0 Å². The Labute approximate surface area is 191 Å². The van der Waals surface area contributed by atoms with Crippen molar-refractivity contribution in [1.29, 1.82) is 0 Å². The van der Waals surface area contributed by atoms with Crippen LogP contribution < -0.4 is 15.2 Å². The lowest BCUT2D eigenvalue weighted by molar-refractivity contribution is 0.0752. The highest BCUT2D eigenvalue weighted by Crippen LogP contribution is 2.29. The van der Waals surface area contributed by atoms with E-state index in [9.17, 15) is 9.59 Å². The van der Waals surface area contributed by atoms with Crippen LogP contribution in [0.4, 0.5) is 5.69 Å². The van der Waals surface area contributed by atoms with E-state index in [0.717, 1.165) is 24.1 Å². The lowest BCUT2D eigenvalue weighted by Crippen LogP contribution is -2.32. The van der Waals surface area contributed by atoms with Gasteiger partial charge in [-0.25, -0.2) is 5.01 Å². The molecule has 0 bridgehead atoms. The van der Waals surface area contributed by atoms with E-state index in [4.69, 9.17) is 15.2 Å². The van der Waals surface area contributed by atoms with Crippen LogP contribution in [0, 0.1) is 0 Å². The molecule has 0 unspecified atom stereocenters. The minimum Gasteiger partial charge on any atom is -0.493 e.